The summed E-state index contributed by atoms with van der Waals surface area (Å²) in [5.74, 6) is -0.167. The van der Waals surface area contributed by atoms with Crippen LogP contribution in [0.1, 0.15) is 44.7 Å². The van der Waals surface area contributed by atoms with Crippen LogP contribution in [0.25, 0.3) is 0 Å². The lowest BCUT2D eigenvalue weighted by Gasteiger charge is -2.31. The van der Waals surface area contributed by atoms with Gasteiger partial charge in [-0.2, -0.15) is 0 Å². The minimum Gasteiger partial charge on any atom is -0.378 e. The molecule has 1 fully saturated rings. The van der Waals surface area contributed by atoms with Crippen LogP contribution in [0.3, 0.4) is 0 Å². The molecule has 1 aliphatic rings. The van der Waals surface area contributed by atoms with E-state index >= 15 is 0 Å². The highest BCUT2D eigenvalue weighted by atomic mass is 19.1. The quantitative estimate of drug-likeness (QED) is 0.885. The third-order valence-electron chi connectivity index (χ3n) is 3.66. The highest BCUT2D eigenvalue weighted by Crippen LogP contribution is 2.20. The summed E-state index contributed by atoms with van der Waals surface area (Å²) < 4.78 is 18.8. The first-order valence-electron chi connectivity index (χ1n) is 6.82. The second kappa shape index (κ2) is 6.30. The molecule has 0 amide bonds. The highest BCUT2D eigenvalue weighted by Gasteiger charge is 2.22. The number of halogens is 1. The fourth-order valence-corrected chi connectivity index (χ4v) is 2.54. The van der Waals surface area contributed by atoms with Gasteiger partial charge in [-0.15, -0.1) is 0 Å². The van der Waals surface area contributed by atoms with Gasteiger partial charge in [0, 0.05) is 18.7 Å². The molecular weight excluding hydrogens is 229 g/mol. The van der Waals surface area contributed by atoms with Crippen molar-refractivity contribution in [1.82, 2.24) is 5.32 Å². The van der Waals surface area contributed by atoms with Gasteiger partial charge in [0.15, 0.2) is 0 Å². The molecule has 2 nitrogen and oxygen atoms in total. The molecule has 3 heteroatoms. The van der Waals surface area contributed by atoms with E-state index in [1.165, 1.54) is 6.07 Å². The average molecular weight is 251 g/mol. The molecule has 1 heterocycles. The molecule has 1 N–H and O–H groups in total. The zero-order valence-electron chi connectivity index (χ0n) is 11.2. The summed E-state index contributed by atoms with van der Waals surface area (Å²) in [6.07, 6.45) is 3.52. The molecule has 1 aliphatic heterocycles. The Bertz CT molecular complexity index is 383. The zero-order chi connectivity index (χ0) is 13.0. The van der Waals surface area contributed by atoms with Crippen LogP contribution in [-0.4, -0.2) is 18.8 Å². The van der Waals surface area contributed by atoms with Crippen molar-refractivity contribution in [3.8, 4) is 0 Å². The predicted molar refractivity (Wildman–Crippen MR) is 71.0 cm³/mol. The minimum absolute atomic E-state index is 0.167. The summed E-state index contributed by atoms with van der Waals surface area (Å²) >= 11 is 0. The summed E-state index contributed by atoms with van der Waals surface area (Å²) in [5.41, 5.74) is 1.01. The summed E-state index contributed by atoms with van der Waals surface area (Å²) in [6.45, 7) is 5.07. The van der Waals surface area contributed by atoms with E-state index in [1.54, 1.807) is 12.1 Å². The minimum atomic E-state index is -0.167. The first-order valence-corrected chi connectivity index (χ1v) is 6.82. The average Bonchev–Trinajstić information content (AvgIpc) is 2.39. The molecule has 0 spiro atoms. The Morgan fingerprint density at radius 2 is 2.33 bits per heavy atom. The Morgan fingerprint density at radius 3 is 3.06 bits per heavy atom. The van der Waals surface area contributed by atoms with E-state index in [-0.39, 0.29) is 11.9 Å². The molecule has 1 saturated heterocycles. The zero-order valence-corrected chi connectivity index (χ0v) is 11.2. The summed E-state index contributed by atoms with van der Waals surface area (Å²) in [4.78, 5) is 0. The normalized spacial score (nSPS) is 25.9. The van der Waals surface area contributed by atoms with Crippen LogP contribution in [-0.2, 0) is 4.74 Å². The topological polar surface area (TPSA) is 21.3 Å². The predicted octanol–water partition coefficient (Wildman–Crippen LogP) is 3.43. The first kappa shape index (κ1) is 13.5. The van der Waals surface area contributed by atoms with Gasteiger partial charge in [0.1, 0.15) is 5.82 Å². The summed E-state index contributed by atoms with van der Waals surface area (Å²) in [7, 11) is 0. The van der Waals surface area contributed by atoms with E-state index in [2.05, 4.69) is 19.2 Å². The van der Waals surface area contributed by atoms with Gasteiger partial charge in [0.05, 0.1) is 6.10 Å². The maximum Gasteiger partial charge on any atom is 0.123 e. The summed E-state index contributed by atoms with van der Waals surface area (Å²) in [6, 6.07) is 7.48. The van der Waals surface area contributed by atoms with E-state index in [0.717, 1.165) is 31.4 Å². The second-order valence-electron chi connectivity index (χ2n) is 5.07. The van der Waals surface area contributed by atoms with Gasteiger partial charge in [-0.1, -0.05) is 19.1 Å². The smallest absolute Gasteiger partial charge is 0.123 e. The number of rotatable bonds is 4. The number of ether oxygens (including phenoxy) is 1. The van der Waals surface area contributed by atoms with Crippen LogP contribution in [0.2, 0.25) is 0 Å². The maximum absolute atomic E-state index is 13.2. The molecule has 0 bridgehead atoms. The molecule has 0 saturated carbocycles. The molecule has 2 rings (SSSR count). The molecule has 0 aromatic heterocycles. The number of nitrogens with one attached hydrogen (secondary N) is 1. The van der Waals surface area contributed by atoms with Gasteiger partial charge in [-0.25, -0.2) is 4.39 Å². The lowest BCUT2D eigenvalue weighted by Crippen LogP contribution is -2.39. The van der Waals surface area contributed by atoms with Gasteiger partial charge in [-0.05, 0) is 43.9 Å². The van der Waals surface area contributed by atoms with Crippen molar-refractivity contribution >= 4 is 0 Å². The molecule has 100 valence electrons. The Hall–Kier alpha value is -0.930. The van der Waals surface area contributed by atoms with Crippen molar-refractivity contribution < 1.29 is 9.13 Å². The molecule has 0 aliphatic carbocycles. The lowest BCUT2D eigenvalue weighted by molar-refractivity contribution is -0.00166. The van der Waals surface area contributed by atoms with Crippen LogP contribution >= 0.6 is 0 Å². The van der Waals surface area contributed by atoms with Crippen LogP contribution in [0.5, 0.6) is 0 Å². The van der Waals surface area contributed by atoms with Crippen molar-refractivity contribution in [2.24, 2.45) is 0 Å². The fraction of sp³-hybridized carbons (Fsp3) is 0.600. The van der Waals surface area contributed by atoms with Gasteiger partial charge in [0.25, 0.3) is 0 Å². The second-order valence-corrected chi connectivity index (χ2v) is 5.07. The van der Waals surface area contributed by atoms with Gasteiger partial charge in [-0.3, -0.25) is 0 Å². The van der Waals surface area contributed by atoms with Crippen molar-refractivity contribution in [1.29, 1.82) is 0 Å². The van der Waals surface area contributed by atoms with Gasteiger partial charge in [0.2, 0.25) is 0 Å². The molecule has 0 radical (unpaired) electrons. The maximum atomic E-state index is 13.2. The number of hydrogen-bond donors (Lipinski definition) is 1. The molecule has 1 aromatic rings. The lowest BCUT2D eigenvalue weighted by atomic mass is 9.99. The third kappa shape index (κ3) is 3.53. The number of benzene rings is 1. The summed E-state index contributed by atoms with van der Waals surface area (Å²) in [5, 5.41) is 3.58. The third-order valence-corrected chi connectivity index (χ3v) is 3.66. The van der Waals surface area contributed by atoms with Crippen LogP contribution in [0.15, 0.2) is 24.3 Å². The fourth-order valence-electron chi connectivity index (χ4n) is 2.54. The van der Waals surface area contributed by atoms with Gasteiger partial charge >= 0.3 is 0 Å². The van der Waals surface area contributed by atoms with Crippen molar-refractivity contribution in [3.63, 3.8) is 0 Å². The Morgan fingerprint density at radius 1 is 1.50 bits per heavy atom. The van der Waals surface area contributed by atoms with Crippen LogP contribution in [0.4, 0.5) is 4.39 Å². The molecule has 3 atom stereocenters. The first-order chi connectivity index (χ1) is 8.69. The van der Waals surface area contributed by atoms with Crippen LogP contribution in [0, 0.1) is 5.82 Å². The SMILES string of the molecule is CCC1CC(N[C@H](C)c2cccc(F)c2)CCO1. The number of hydrogen-bond acceptors (Lipinski definition) is 2. The highest BCUT2D eigenvalue weighted by molar-refractivity contribution is 5.19. The van der Waals surface area contributed by atoms with E-state index in [0.29, 0.717) is 12.1 Å². The largest absolute Gasteiger partial charge is 0.378 e. The van der Waals surface area contributed by atoms with E-state index in [9.17, 15) is 4.39 Å². The van der Waals surface area contributed by atoms with Crippen LogP contribution < -0.4 is 5.32 Å². The molecular formula is C15H22FNO. The van der Waals surface area contributed by atoms with Crippen molar-refractivity contribution in [2.45, 2.75) is 51.3 Å². The Labute approximate surface area is 109 Å². The Balaban J connectivity index is 1.92. The Kier molecular flexibility index (Phi) is 4.72. The van der Waals surface area contributed by atoms with Crippen molar-refractivity contribution in [2.75, 3.05) is 6.61 Å². The van der Waals surface area contributed by atoms with Crippen molar-refractivity contribution in [3.05, 3.63) is 35.6 Å². The molecule has 18 heavy (non-hydrogen) atoms. The molecule has 1 aromatic carbocycles. The standard InChI is InChI=1S/C15H22FNO/c1-3-15-10-14(7-8-18-15)17-11(2)12-5-4-6-13(16)9-12/h4-6,9,11,14-15,17H,3,7-8,10H2,1-2H3/t11-,14?,15?/m1/s1. The van der Waals surface area contributed by atoms with E-state index in [1.807, 2.05) is 6.07 Å². The molecule has 2 unspecified atom stereocenters. The van der Waals surface area contributed by atoms with E-state index < -0.39 is 0 Å². The monoisotopic (exact) mass is 251 g/mol. The van der Waals surface area contributed by atoms with E-state index in [4.69, 9.17) is 4.74 Å². The van der Waals surface area contributed by atoms with Gasteiger partial charge < -0.3 is 10.1 Å².